The first-order valence-corrected chi connectivity index (χ1v) is 7.41. The van der Waals surface area contributed by atoms with Crippen molar-refractivity contribution in [1.29, 1.82) is 0 Å². The SMILES string of the molecule is COC1=NC(C)(c2ccc(F)cc2F)C(=O)N1Nc1cc(F)cc(F)c1. The molecule has 1 N–H and O–H groups in total. The van der Waals surface area contributed by atoms with Gasteiger partial charge in [0.1, 0.15) is 23.3 Å². The summed E-state index contributed by atoms with van der Waals surface area (Å²) in [6.07, 6.45) is 0. The summed E-state index contributed by atoms with van der Waals surface area (Å²) in [6, 6.07) is 5.07. The fourth-order valence-corrected chi connectivity index (χ4v) is 2.64. The van der Waals surface area contributed by atoms with E-state index in [0.29, 0.717) is 12.1 Å². The highest BCUT2D eigenvalue weighted by Gasteiger charge is 2.49. The maximum Gasteiger partial charge on any atom is 0.315 e. The van der Waals surface area contributed by atoms with E-state index in [1.54, 1.807) is 0 Å². The van der Waals surface area contributed by atoms with Gasteiger partial charge in [-0.2, -0.15) is 5.01 Å². The van der Waals surface area contributed by atoms with Crippen molar-refractivity contribution in [1.82, 2.24) is 5.01 Å². The van der Waals surface area contributed by atoms with Crippen LogP contribution in [0.3, 0.4) is 0 Å². The zero-order valence-corrected chi connectivity index (χ0v) is 13.7. The third-order valence-corrected chi connectivity index (χ3v) is 3.87. The quantitative estimate of drug-likeness (QED) is 0.847. The molecule has 3 rings (SSSR count). The highest BCUT2D eigenvalue weighted by molar-refractivity contribution is 6.06. The fraction of sp³-hybridized carbons (Fsp3) is 0.176. The van der Waals surface area contributed by atoms with E-state index in [1.807, 2.05) is 0 Å². The lowest BCUT2D eigenvalue weighted by atomic mass is 9.92. The first-order chi connectivity index (χ1) is 12.2. The van der Waals surface area contributed by atoms with Crippen LogP contribution in [0.2, 0.25) is 0 Å². The van der Waals surface area contributed by atoms with Crippen molar-refractivity contribution in [3.8, 4) is 0 Å². The van der Waals surface area contributed by atoms with Crippen molar-refractivity contribution in [2.75, 3.05) is 12.5 Å². The van der Waals surface area contributed by atoms with Gasteiger partial charge < -0.3 is 4.74 Å². The number of nitrogens with zero attached hydrogens (tertiary/aromatic N) is 2. The van der Waals surface area contributed by atoms with E-state index < -0.39 is 34.7 Å². The second kappa shape index (κ2) is 6.32. The number of aliphatic imine (C=N–C) groups is 1. The summed E-state index contributed by atoms with van der Waals surface area (Å²) >= 11 is 0. The Morgan fingerprint density at radius 2 is 1.69 bits per heavy atom. The lowest BCUT2D eigenvalue weighted by Crippen LogP contribution is -2.43. The van der Waals surface area contributed by atoms with Crippen LogP contribution in [-0.4, -0.2) is 24.0 Å². The number of ether oxygens (including phenoxy) is 1. The normalized spacial score (nSPS) is 19.5. The summed E-state index contributed by atoms with van der Waals surface area (Å²) < 4.78 is 59.1. The van der Waals surface area contributed by atoms with Gasteiger partial charge in [0.15, 0.2) is 5.54 Å². The Kier molecular flexibility index (Phi) is 4.31. The van der Waals surface area contributed by atoms with Crippen LogP contribution in [0.1, 0.15) is 12.5 Å². The van der Waals surface area contributed by atoms with Crippen molar-refractivity contribution in [3.63, 3.8) is 0 Å². The Morgan fingerprint density at radius 1 is 1.04 bits per heavy atom. The first kappa shape index (κ1) is 17.7. The smallest absolute Gasteiger partial charge is 0.315 e. The van der Waals surface area contributed by atoms with Gasteiger partial charge in [0.05, 0.1) is 12.8 Å². The molecule has 1 heterocycles. The van der Waals surface area contributed by atoms with Crippen molar-refractivity contribution in [2.24, 2.45) is 4.99 Å². The van der Waals surface area contributed by atoms with Crippen LogP contribution in [0.5, 0.6) is 0 Å². The number of methoxy groups -OCH3 is 1. The number of carbonyl (C=O) groups is 1. The molecule has 1 unspecified atom stereocenters. The third kappa shape index (κ3) is 2.96. The van der Waals surface area contributed by atoms with E-state index in [2.05, 4.69) is 10.4 Å². The van der Waals surface area contributed by atoms with Crippen LogP contribution in [0.25, 0.3) is 0 Å². The summed E-state index contributed by atoms with van der Waals surface area (Å²) in [7, 11) is 1.22. The van der Waals surface area contributed by atoms with Crippen LogP contribution in [-0.2, 0) is 15.1 Å². The van der Waals surface area contributed by atoms with Gasteiger partial charge in [-0.3, -0.25) is 10.2 Å². The summed E-state index contributed by atoms with van der Waals surface area (Å²) in [5, 5.41) is 0.803. The average Bonchev–Trinajstić information content (AvgIpc) is 2.79. The van der Waals surface area contributed by atoms with Crippen molar-refractivity contribution in [3.05, 3.63) is 65.2 Å². The molecule has 1 amide bonds. The predicted octanol–water partition coefficient (Wildman–Crippen LogP) is 3.33. The van der Waals surface area contributed by atoms with E-state index in [9.17, 15) is 22.4 Å². The number of hydrazine groups is 1. The summed E-state index contributed by atoms with van der Waals surface area (Å²) in [6.45, 7) is 1.32. The molecular formula is C17H13F4N3O2. The fourth-order valence-electron chi connectivity index (χ4n) is 2.64. The van der Waals surface area contributed by atoms with E-state index in [1.165, 1.54) is 14.0 Å². The number of halogens is 4. The highest BCUT2D eigenvalue weighted by Crippen LogP contribution is 2.35. The molecule has 1 aliphatic rings. The number of amides is 1. The molecule has 2 aromatic carbocycles. The number of amidine groups is 1. The molecule has 0 radical (unpaired) electrons. The van der Waals surface area contributed by atoms with Crippen molar-refractivity contribution >= 4 is 17.6 Å². The number of nitrogens with one attached hydrogen (secondary N) is 1. The lowest BCUT2D eigenvalue weighted by molar-refractivity contribution is -0.130. The molecule has 5 nitrogen and oxygen atoms in total. The van der Waals surface area contributed by atoms with Crippen molar-refractivity contribution in [2.45, 2.75) is 12.5 Å². The van der Waals surface area contributed by atoms with Gasteiger partial charge in [-0.25, -0.2) is 22.6 Å². The molecular weight excluding hydrogens is 354 g/mol. The van der Waals surface area contributed by atoms with Crippen LogP contribution in [0, 0.1) is 23.3 Å². The van der Waals surface area contributed by atoms with E-state index in [4.69, 9.17) is 4.74 Å². The molecule has 0 saturated heterocycles. The second-order valence-electron chi connectivity index (χ2n) is 5.71. The molecule has 0 bridgehead atoms. The van der Waals surface area contributed by atoms with Gasteiger partial charge >= 0.3 is 6.02 Å². The zero-order chi connectivity index (χ0) is 19.1. The Labute approximate surface area is 145 Å². The monoisotopic (exact) mass is 367 g/mol. The van der Waals surface area contributed by atoms with Gasteiger partial charge in [-0.15, -0.1) is 0 Å². The lowest BCUT2D eigenvalue weighted by Gasteiger charge is -2.23. The molecule has 26 heavy (non-hydrogen) atoms. The molecule has 136 valence electrons. The van der Waals surface area contributed by atoms with Crippen LogP contribution < -0.4 is 5.43 Å². The molecule has 0 aromatic heterocycles. The van der Waals surface area contributed by atoms with Crippen molar-refractivity contribution < 1.29 is 27.1 Å². The maximum absolute atomic E-state index is 14.2. The topological polar surface area (TPSA) is 53.9 Å². The molecule has 1 atom stereocenters. The van der Waals surface area contributed by atoms with Gasteiger partial charge in [0, 0.05) is 17.7 Å². The van der Waals surface area contributed by atoms with E-state index in [-0.39, 0.29) is 17.3 Å². The minimum absolute atomic E-state index is 0.0792. The largest absolute Gasteiger partial charge is 0.467 e. The Bertz CT molecular complexity index is 899. The Morgan fingerprint density at radius 3 is 2.27 bits per heavy atom. The summed E-state index contributed by atoms with van der Waals surface area (Å²) in [4.78, 5) is 16.9. The standard InChI is InChI=1S/C17H13F4N3O2/c1-17(13-4-3-9(18)8-14(13)21)15(25)24(16(22-17)26-2)23-12-6-10(19)5-11(20)7-12/h3-8,23H,1-2H3. The molecule has 9 heteroatoms. The second-order valence-corrected chi connectivity index (χ2v) is 5.71. The molecule has 0 fully saturated rings. The van der Waals surface area contributed by atoms with Crippen LogP contribution in [0.15, 0.2) is 41.4 Å². The Hall–Kier alpha value is -3.10. The summed E-state index contributed by atoms with van der Waals surface area (Å²) in [5.74, 6) is -4.26. The minimum atomic E-state index is -1.75. The third-order valence-electron chi connectivity index (χ3n) is 3.87. The first-order valence-electron chi connectivity index (χ1n) is 7.41. The van der Waals surface area contributed by atoms with Gasteiger partial charge in [-0.1, -0.05) is 6.07 Å². The van der Waals surface area contributed by atoms with Crippen LogP contribution >= 0.6 is 0 Å². The Balaban J connectivity index is 1.99. The predicted molar refractivity (Wildman–Crippen MR) is 85.0 cm³/mol. The minimum Gasteiger partial charge on any atom is -0.467 e. The van der Waals surface area contributed by atoms with Gasteiger partial charge in [0.25, 0.3) is 5.91 Å². The molecule has 0 aliphatic carbocycles. The zero-order valence-electron chi connectivity index (χ0n) is 13.7. The van der Waals surface area contributed by atoms with E-state index in [0.717, 1.165) is 29.3 Å². The van der Waals surface area contributed by atoms with Gasteiger partial charge in [-0.05, 0) is 25.1 Å². The van der Waals surface area contributed by atoms with Gasteiger partial charge in [0.2, 0.25) is 0 Å². The average molecular weight is 367 g/mol. The molecule has 0 spiro atoms. The summed E-state index contributed by atoms with van der Waals surface area (Å²) in [5.41, 5.74) is 0.480. The molecule has 2 aromatic rings. The number of hydrogen-bond donors (Lipinski definition) is 1. The highest BCUT2D eigenvalue weighted by atomic mass is 19.1. The number of anilines is 1. The number of benzene rings is 2. The number of carbonyl (C=O) groups excluding carboxylic acids is 1. The number of hydrogen-bond acceptors (Lipinski definition) is 4. The van der Waals surface area contributed by atoms with Crippen LogP contribution in [0.4, 0.5) is 23.2 Å². The van der Waals surface area contributed by atoms with E-state index >= 15 is 0 Å². The molecule has 1 aliphatic heterocycles. The maximum atomic E-state index is 14.2. The molecule has 0 saturated carbocycles. The number of rotatable bonds is 3.